The Morgan fingerprint density at radius 2 is 1.44 bits per heavy atom. The van der Waals surface area contributed by atoms with Crippen molar-refractivity contribution in [2.75, 3.05) is 19.6 Å². The molecule has 0 saturated heterocycles. The number of rotatable bonds is 8. The molecule has 0 radical (unpaired) electrons. The summed E-state index contributed by atoms with van der Waals surface area (Å²) < 4.78 is 18.9. The second-order valence-corrected chi connectivity index (χ2v) is 19.3. The molecule has 55 heavy (non-hydrogen) atoms. The van der Waals surface area contributed by atoms with Crippen LogP contribution in [0, 0.1) is 29.0 Å². The maximum atomic E-state index is 13.7. The van der Waals surface area contributed by atoms with Crippen LogP contribution in [0.2, 0.25) is 0 Å². The van der Waals surface area contributed by atoms with Crippen LogP contribution >= 0.6 is 0 Å². The van der Waals surface area contributed by atoms with Gasteiger partial charge in [0.25, 0.3) is 0 Å². The fourth-order valence-electron chi connectivity index (χ4n) is 9.40. The Morgan fingerprint density at radius 1 is 0.818 bits per heavy atom. The molecule has 0 bridgehead atoms. The predicted molar refractivity (Wildman–Crippen MR) is 221 cm³/mol. The van der Waals surface area contributed by atoms with Gasteiger partial charge in [-0.25, -0.2) is 9.18 Å². The predicted octanol–water partition coefficient (Wildman–Crippen LogP) is 10.0. The van der Waals surface area contributed by atoms with Gasteiger partial charge in [0.05, 0.1) is 12.1 Å². The molecule has 3 unspecified atom stereocenters. The molecule has 2 aliphatic heterocycles. The van der Waals surface area contributed by atoms with E-state index in [1.54, 1.807) is 26.8 Å². The molecule has 300 valence electrons. The molecule has 0 fully saturated rings. The van der Waals surface area contributed by atoms with Crippen molar-refractivity contribution in [1.82, 2.24) is 15.1 Å². The first kappa shape index (κ1) is 42.2. The molecule has 2 aromatic carbocycles. The van der Waals surface area contributed by atoms with E-state index in [4.69, 9.17) is 4.74 Å². The van der Waals surface area contributed by atoms with E-state index in [0.717, 1.165) is 49.8 Å². The molecule has 0 aromatic heterocycles. The second kappa shape index (κ2) is 17.1. The third kappa shape index (κ3) is 10.5. The van der Waals surface area contributed by atoms with Crippen molar-refractivity contribution in [3.05, 3.63) is 81.7 Å². The summed E-state index contributed by atoms with van der Waals surface area (Å²) in [5, 5.41) is 2.56. The van der Waals surface area contributed by atoms with Gasteiger partial charge < -0.3 is 19.9 Å². The normalized spacial score (nSPS) is 19.7. The number of fused-ring (bicyclic) bond motifs is 4. The van der Waals surface area contributed by atoms with Crippen LogP contribution in [0.1, 0.15) is 131 Å². The van der Waals surface area contributed by atoms with Crippen LogP contribution in [0.4, 0.5) is 9.18 Å². The lowest BCUT2D eigenvalue weighted by Crippen LogP contribution is -2.51. The monoisotopic (exact) mass is 756 g/mol. The topological polar surface area (TPSA) is 79.0 Å². The van der Waals surface area contributed by atoms with Gasteiger partial charge in [-0.05, 0) is 139 Å². The number of nitrogens with one attached hydrogen (secondary N) is 1. The number of halogens is 1. The lowest BCUT2D eigenvalue weighted by molar-refractivity contribution is -0.134. The molecule has 2 aliphatic carbocycles. The van der Waals surface area contributed by atoms with Crippen LogP contribution in [0.5, 0.6) is 0 Å². The SMILES string of the molecule is CC(C)C1C2=C(CCN1C(=O)CNC(=O)OC(C)(C)C)c1cc(F)ccc1C2.CC(C)CC1C2=C(CCN1C(=O)CC(C)CC(C)(C)C)c1ccccc1C2. The van der Waals surface area contributed by atoms with Gasteiger partial charge in [-0.15, -0.1) is 0 Å². The lowest BCUT2D eigenvalue weighted by Gasteiger charge is -2.40. The van der Waals surface area contributed by atoms with Gasteiger partial charge in [0.2, 0.25) is 11.8 Å². The lowest BCUT2D eigenvalue weighted by atomic mass is 9.83. The zero-order valence-electron chi connectivity index (χ0n) is 35.4. The largest absolute Gasteiger partial charge is 0.444 e. The average Bonchev–Trinajstić information content (AvgIpc) is 3.63. The van der Waals surface area contributed by atoms with Crippen molar-refractivity contribution in [2.24, 2.45) is 23.2 Å². The summed E-state index contributed by atoms with van der Waals surface area (Å²) in [5.74, 6) is 1.25. The quantitative estimate of drug-likeness (QED) is 0.291. The van der Waals surface area contributed by atoms with Gasteiger partial charge in [0.1, 0.15) is 18.0 Å². The van der Waals surface area contributed by atoms with E-state index < -0.39 is 11.7 Å². The van der Waals surface area contributed by atoms with Gasteiger partial charge in [0, 0.05) is 19.5 Å². The molecule has 0 spiro atoms. The smallest absolute Gasteiger partial charge is 0.408 e. The van der Waals surface area contributed by atoms with Crippen LogP contribution in [-0.4, -0.2) is 65.0 Å². The maximum absolute atomic E-state index is 13.7. The number of ether oxygens (including phenoxy) is 1. The van der Waals surface area contributed by atoms with Crippen LogP contribution in [-0.2, 0) is 27.2 Å². The van der Waals surface area contributed by atoms with E-state index in [2.05, 4.69) is 89.9 Å². The maximum Gasteiger partial charge on any atom is 0.408 e. The number of benzene rings is 2. The number of carbonyl (C=O) groups excluding carboxylic acids is 3. The van der Waals surface area contributed by atoms with Gasteiger partial charge >= 0.3 is 6.09 Å². The summed E-state index contributed by atoms with van der Waals surface area (Å²) in [6, 6.07) is 14.0. The van der Waals surface area contributed by atoms with Gasteiger partial charge in [-0.1, -0.05) is 85.7 Å². The molecular formula is C47H66FN3O4. The fourth-order valence-corrected chi connectivity index (χ4v) is 9.40. The van der Waals surface area contributed by atoms with Gasteiger partial charge in [0.15, 0.2) is 0 Å². The van der Waals surface area contributed by atoms with Crippen molar-refractivity contribution in [1.29, 1.82) is 0 Å². The third-order valence-corrected chi connectivity index (χ3v) is 11.2. The Bertz CT molecular complexity index is 1810. The number of hydrogen-bond acceptors (Lipinski definition) is 4. The Hall–Kier alpha value is -3.94. The number of hydrogen-bond donors (Lipinski definition) is 1. The highest BCUT2D eigenvalue weighted by Crippen LogP contribution is 2.44. The molecule has 4 aliphatic rings. The number of carbonyl (C=O) groups is 3. The molecule has 1 N–H and O–H groups in total. The summed E-state index contributed by atoms with van der Waals surface area (Å²) in [6.07, 6.45) is 5.76. The van der Waals surface area contributed by atoms with Crippen LogP contribution in [0.25, 0.3) is 11.1 Å². The fraction of sp³-hybridized carbons (Fsp3) is 0.596. The number of nitrogens with zero attached hydrogens (tertiary/aromatic N) is 2. The Kier molecular flexibility index (Phi) is 13.1. The minimum atomic E-state index is -0.608. The Balaban J connectivity index is 0.000000211. The van der Waals surface area contributed by atoms with Crippen LogP contribution in [0.3, 0.4) is 0 Å². The van der Waals surface area contributed by atoms with Crippen molar-refractivity contribution in [3.63, 3.8) is 0 Å². The Labute approximate surface area is 330 Å². The number of alkyl carbamates (subject to hydrolysis) is 1. The van der Waals surface area contributed by atoms with Gasteiger partial charge in [-0.3, -0.25) is 9.59 Å². The first-order chi connectivity index (χ1) is 25.7. The van der Waals surface area contributed by atoms with Crippen LogP contribution < -0.4 is 5.32 Å². The molecule has 6 rings (SSSR count). The molecule has 2 aromatic rings. The molecule has 2 heterocycles. The summed E-state index contributed by atoms with van der Waals surface area (Å²) in [6.45, 7) is 24.5. The second-order valence-electron chi connectivity index (χ2n) is 19.3. The highest BCUT2D eigenvalue weighted by molar-refractivity contribution is 5.86. The van der Waals surface area contributed by atoms with E-state index >= 15 is 0 Å². The highest BCUT2D eigenvalue weighted by atomic mass is 19.1. The molecule has 3 atom stereocenters. The summed E-state index contributed by atoms with van der Waals surface area (Å²) >= 11 is 0. The van der Waals surface area contributed by atoms with Crippen molar-refractivity contribution < 1.29 is 23.5 Å². The highest BCUT2D eigenvalue weighted by Gasteiger charge is 2.39. The molecular weight excluding hydrogens is 690 g/mol. The van der Waals surface area contributed by atoms with E-state index in [9.17, 15) is 18.8 Å². The Morgan fingerprint density at radius 3 is 2.07 bits per heavy atom. The zero-order chi connectivity index (χ0) is 40.4. The third-order valence-electron chi connectivity index (χ3n) is 11.2. The molecule has 3 amide bonds. The summed E-state index contributed by atoms with van der Waals surface area (Å²) in [4.78, 5) is 42.1. The first-order valence-electron chi connectivity index (χ1n) is 20.6. The summed E-state index contributed by atoms with van der Waals surface area (Å²) in [5.41, 5.74) is 10.1. The molecule has 8 heteroatoms. The van der Waals surface area contributed by atoms with E-state index in [1.807, 2.05) is 11.0 Å². The van der Waals surface area contributed by atoms with Crippen molar-refractivity contribution >= 4 is 29.1 Å². The average molecular weight is 756 g/mol. The first-order valence-corrected chi connectivity index (χ1v) is 20.6. The minimum Gasteiger partial charge on any atom is -0.444 e. The van der Waals surface area contributed by atoms with E-state index in [-0.39, 0.29) is 41.7 Å². The zero-order valence-corrected chi connectivity index (χ0v) is 35.4. The van der Waals surface area contributed by atoms with Crippen LogP contribution in [0.15, 0.2) is 53.6 Å². The number of amides is 3. The van der Waals surface area contributed by atoms with E-state index in [1.165, 1.54) is 39.5 Å². The van der Waals surface area contributed by atoms with Crippen molar-refractivity contribution in [2.45, 2.75) is 139 Å². The van der Waals surface area contributed by atoms with Gasteiger partial charge in [-0.2, -0.15) is 0 Å². The van der Waals surface area contributed by atoms with E-state index in [0.29, 0.717) is 37.1 Å². The summed E-state index contributed by atoms with van der Waals surface area (Å²) in [7, 11) is 0. The molecule has 7 nitrogen and oxygen atoms in total. The molecule has 0 saturated carbocycles. The van der Waals surface area contributed by atoms with Crippen molar-refractivity contribution in [3.8, 4) is 0 Å². The minimum absolute atomic E-state index is 0.0489. The standard InChI is InChI=1S/C25H37NO.C22H29FN2O3/c1-17(2)13-23-22-15-19-9-7-8-10-20(19)21(22)11-12-26(23)24(27)14-18(3)16-25(4,5)6;1-13(2)20-18-10-14-6-7-15(23)11-17(14)16(18)8-9-25(20)19(26)12-24-21(27)28-22(3,4)5/h7-10,17-18,23H,11-16H2,1-6H3;6-7,11,13,20H,8-10,12H2,1-5H3,(H,24,27).